The van der Waals surface area contributed by atoms with Crippen molar-refractivity contribution in [1.82, 2.24) is 0 Å². The van der Waals surface area contributed by atoms with Crippen molar-refractivity contribution < 1.29 is 14.7 Å². The van der Waals surface area contributed by atoms with Gasteiger partial charge in [0.05, 0.1) is 17.7 Å². The first-order valence-electron chi connectivity index (χ1n) is 10.4. The first-order valence-corrected chi connectivity index (χ1v) is 10.4. The molecule has 1 amide bonds. The van der Waals surface area contributed by atoms with Crippen molar-refractivity contribution in [1.29, 1.82) is 5.26 Å². The standard InChI is InChI=1S/C26H20N2O3/c27-15-16-8-10-18(11-9-16)24-23(26(30)31)21-6-1-2-7-22(21)25(29)28(24)20-13-12-17-4-3-5-19(17)14-20/h1-2,6-14,23-24H,3-5H2,(H,30,31)/t23-,24+/m0/s1. The van der Waals surface area contributed by atoms with Gasteiger partial charge in [-0.3, -0.25) is 14.5 Å². The van der Waals surface area contributed by atoms with Crippen molar-refractivity contribution in [2.75, 3.05) is 4.90 Å². The van der Waals surface area contributed by atoms with Crippen LogP contribution in [0.4, 0.5) is 5.69 Å². The molecule has 0 saturated heterocycles. The molecule has 0 fully saturated rings. The lowest BCUT2D eigenvalue weighted by molar-refractivity contribution is -0.139. The molecule has 1 aliphatic heterocycles. The average molecular weight is 408 g/mol. The molecule has 3 aromatic carbocycles. The van der Waals surface area contributed by atoms with Gasteiger partial charge in [0.2, 0.25) is 0 Å². The predicted octanol–water partition coefficient (Wildman–Crippen LogP) is 4.62. The van der Waals surface area contributed by atoms with E-state index in [0.29, 0.717) is 27.9 Å². The minimum absolute atomic E-state index is 0.208. The fourth-order valence-electron chi connectivity index (χ4n) is 4.89. The maximum absolute atomic E-state index is 13.7. The molecule has 1 heterocycles. The predicted molar refractivity (Wildman–Crippen MR) is 116 cm³/mol. The van der Waals surface area contributed by atoms with Crippen molar-refractivity contribution in [3.05, 3.63) is 100 Å². The Morgan fingerprint density at radius 3 is 2.48 bits per heavy atom. The fourth-order valence-corrected chi connectivity index (χ4v) is 4.89. The van der Waals surface area contributed by atoms with Gasteiger partial charge >= 0.3 is 5.97 Å². The number of hydrogen-bond acceptors (Lipinski definition) is 3. The molecular weight excluding hydrogens is 388 g/mol. The second kappa shape index (κ2) is 7.41. The SMILES string of the molecule is N#Cc1ccc([C@@H]2[C@@H](C(=O)O)c3ccccc3C(=O)N2c2ccc3c(c2)CCC3)cc1. The van der Waals surface area contributed by atoms with Crippen LogP contribution in [-0.4, -0.2) is 17.0 Å². The van der Waals surface area contributed by atoms with Crippen LogP contribution in [0, 0.1) is 11.3 Å². The number of benzene rings is 3. The number of anilines is 1. The number of carboxylic acid groups (broad SMARTS) is 1. The zero-order valence-electron chi connectivity index (χ0n) is 16.8. The first kappa shape index (κ1) is 19.1. The lowest BCUT2D eigenvalue weighted by atomic mass is 9.79. The van der Waals surface area contributed by atoms with Crippen LogP contribution in [0.2, 0.25) is 0 Å². The number of fused-ring (bicyclic) bond motifs is 2. The number of carbonyl (C=O) groups is 2. The number of nitrogens with zero attached hydrogens (tertiary/aromatic N) is 2. The van der Waals surface area contributed by atoms with Gasteiger partial charge in [0.15, 0.2) is 0 Å². The van der Waals surface area contributed by atoms with Crippen molar-refractivity contribution >= 4 is 17.6 Å². The number of aliphatic carboxylic acids is 1. The van der Waals surface area contributed by atoms with E-state index in [1.165, 1.54) is 11.1 Å². The number of amides is 1. The lowest BCUT2D eigenvalue weighted by Crippen LogP contribution is -2.45. The Labute approximate surface area is 180 Å². The van der Waals surface area contributed by atoms with Crippen molar-refractivity contribution in [3.8, 4) is 6.07 Å². The molecule has 5 heteroatoms. The van der Waals surface area contributed by atoms with E-state index in [1.54, 1.807) is 53.4 Å². The molecule has 3 aromatic rings. The van der Waals surface area contributed by atoms with Gasteiger partial charge in [0.25, 0.3) is 5.91 Å². The zero-order chi connectivity index (χ0) is 21.5. The van der Waals surface area contributed by atoms with E-state index in [1.807, 2.05) is 12.1 Å². The molecule has 2 aliphatic rings. The van der Waals surface area contributed by atoms with Gasteiger partial charge in [0, 0.05) is 11.3 Å². The topological polar surface area (TPSA) is 81.4 Å². The van der Waals surface area contributed by atoms with E-state index in [9.17, 15) is 14.7 Å². The van der Waals surface area contributed by atoms with E-state index in [-0.39, 0.29) is 5.91 Å². The summed E-state index contributed by atoms with van der Waals surface area (Å²) in [5, 5.41) is 19.4. The van der Waals surface area contributed by atoms with Gasteiger partial charge in [-0.15, -0.1) is 0 Å². The summed E-state index contributed by atoms with van der Waals surface area (Å²) in [4.78, 5) is 27.8. The monoisotopic (exact) mass is 408 g/mol. The van der Waals surface area contributed by atoms with Crippen LogP contribution in [0.15, 0.2) is 66.7 Å². The Balaban J connectivity index is 1.73. The highest BCUT2D eigenvalue weighted by Gasteiger charge is 2.45. The number of carbonyl (C=O) groups excluding carboxylic acids is 1. The van der Waals surface area contributed by atoms with E-state index < -0.39 is 17.9 Å². The molecule has 31 heavy (non-hydrogen) atoms. The maximum atomic E-state index is 13.7. The number of nitriles is 1. The summed E-state index contributed by atoms with van der Waals surface area (Å²) >= 11 is 0. The lowest BCUT2D eigenvalue weighted by Gasteiger charge is -2.41. The second-order valence-corrected chi connectivity index (χ2v) is 8.06. The van der Waals surface area contributed by atoms with Crippen LogP contribution < -0.4 is 4.90 Å². The highest BCUT2D eigenvalue weighted by molar-refractivity contribution is 6.11. The quantitative estimate of drug-likeness (QED) is 0.686. The summed E-state index contributed by atoms with van der Waals surface area (Å²) in [7, 11) is 0. The molecule has 5 rings (SSSR count). The third-order valence-electron chi connectivity index (χ3n) is 6.35. The first-order chi connectivity index (χ1) is 15.1. The largest absolute Gasteiger partial charge is 0.481 e. The van der Waals surface area contributed by atoms with E-state index >= 15 is 0 Å². The molecule has 0 radical (unpaired) electrons. The normalized spacial score (nSPS) is 19.5. The summed E-state index contributed by atoms with van der Waals surface area (Å²) in [5.41, 5.74) is 5.33. The van der Waals surface area contributed by atoms with Crippen LogP contribution in [0.3, 0.4) is 0 Å². The Morgan fingerprint density at radius 2 is 1.74 bits per heavy atom. The Bertz CT molecular complexity index is 1240. The summed E-state index contributed by atoms with van der Waals surface area (Å²) in [5.74, 6) is -2.11. The number of hydrogen-bond donors (Lipinski definition) is 1. The third-order valence-corrected chi connectivity index (χ3v) is 6.35. The molecule has 152 valence electrons. The molecule has 0 unspecified atom stereocenters. The smallest absolute Gasteiger partial charge is 0.313 e. The van der Waals surface area contributed by atoms with Gasteiger partial charge in [-0.25, -0.2) is 0 Å². The van der Waals surface area contributed by atoms with Crippen LogP contribution in [0.25, 0.3) is 0 Å². The Kier molecular flexibility index (Phi) is 4.56. The highest BCUT2D eigenvalue weighted by Crippen LogP contribution is 2.45. The molecule has 0 bridgehead atoms. The minimum Gasteiger partial charge on any atom is -0.481 e. The zero-order valence-corrected chi connectivity index (χ0v) is 16.8. The van der Waals surface area contributed by atoms with Gasteiger partial charge in [-0.1, -0.05) is 36.4 Å². The highest BCUT2D eigenvalue weighted by atomic mass is 16.4. The number of rotatable bonds is 3. The number of aryl methyl sites for hydroxylation is 2. The third kappa shape index (κ3) is 3.08. The van der Waals surface area contributed by atoms with Gasteiger partial charge in [-0.05, 0) is 71.8 Å². The van der Waals surface area contributed by atoms with Gasteiger partial charge < -0.3 is 5.11 Å². The fraction of sp³-hybridized carbons (Fsp3) is 0.192. The van der Waals surface area contributed by atoms with Crippen LogP contribution >= 0.6 is 0 Å². The maximum Gasteiger partial charge on any atom is 0.313 e. The number of carboxylic acids is 1. The molecule has 0 saturated carbocycles. The average Bonchev–Trinajstić information content (AvgIpc) is 3.26. The minimum atomic E-state index is -0.986. The molecule has 5 nitrogen and oxygen atoms in total. The molecule has 0 spiro atoms. The van der Waals surface area contributed by atoms with Crippen molar-refractivity contribution in [2.45, 2.75) is 31.2 Å². The van der Waals surface area contributed by atoms with E-state index in [4.69, 9.17) is 5.26 Å². The van der Waals surface area contributed by atoms with Crippen LogP contribution in [-0.2, 0) is 17.6 Å². The van der Waals surface area contributed by atoms with E-state index in [2.05, 4.69) is 12.1 Å². The summed E-state index contributed by atoms with van der Waals surface area (Å²) in [6.07, 6.45) is 3.08. The molecule has 0 aromatic heterocycles. The summed E-state index contributed by atoms with van der Waals surface area (Å²) in [6.45, 7) is 0. The van der Waals surface area contributed by atoms with Gasteiger partial charge in [0.1, 0.15) is 5.92 Å². The van der Waals surface area contributed by atoms with Crippen molar-refractivity contribution in [2.24, 2.45) is 0 Å². The summed E-state index contributed by atoms with van der Waals surface area (Å²) in [6, 6.07) is 21.2. The summed E-state index contributed by atoms with van der Waals surface area (Å²) < 4.78 is 0. The second-order valence-electron chi connectivity index (χ2n) is 8.06. The molecule has 2 atom stereocenters. The van der Waals surface area contributed by atoms with Crippen LogP contribution in [0.1, 0.15) is 56.6 Å². The van der Waals surface area contributed by atoms with Gasteiger partial charge in [-0.2, -0.15) is 5.26 Å². The molecule has 1 aliphatic carbocycles. The molecular formula is C26H20N2O3. The van der Waals surface area contributed by atoms with Crippen LogP contribution in [0.5, 0.6) is 0 Å². The van der Waals surface area contributed by atoms with E-state index in [0.717, 1.165) is 19.3 Å². The Hall–Kier alpha value is -3.91. The Morgan fingerprint density at radius 1 is 1.00 bits per heavy atom. The molecule has 1 N–H and O–H groups in total. The van der Waals surface area contributed by atoms with Crippen molar-refractivity contribution in [3.63, 3.8) is 0 Å².